The van der Waals surface area contributed by atoms with Gasteiger partial charge in [-0.1, -0.05) is 0 Å². The molecule has 4 fully saturated rings. The van der Waals surface area contributed by atoms with Crippen LogP contribution in [-0.4, -0.2) is 49.8 Å². The van der Waals surface area contributed by atoms with E-state index in [0.717, 1.165) is 50.2 Å². The maximum absolute atomic E-state index is 5.39. The zero-order valence-electron chi connectivity index (χ0n) is 8.91. The van der Waals surface area contributed by atoms with Crippen LogP contribution in [0.2, 0.25) is 0 Å². The highest BCUT2D eigenvalue weighted by molar-refractivity contribution is 5.06. The molecule has 3 saturated heterocycles. The first-order valence-corrected chi connectivity index (χ1v) is 5.91. The van der Waals surface area contributed by atoms with Gasteiger partial charge in [-0.3, -0.25) is 4.90 Å². The molecule has 3 heterocycles. The molecule has 3 heteroatoms. The van der Waals surface area contributed by atoms with Crippen LogP contribution in [0.25, 0.3) is 0 Å². The lowest BCUT2D eigenvalue weighted by Crippen LogP contribution is -2.53. The minimum atomic E-state index is 0.762. The third-order valence-corrected chi connectivity index (χ3v) is 4.39. The number of morpholine rings is 1. The van der Waals surface area contributed by atoms with Crippen LogP contribution >= 0.6 is 0 Å². The van der Waals surface area contributed by atoms with Gasteiger partial charge in [0, 0.05) is 25.2 Å². The molecule has 80 valence electrons. The van der Waals surface area contributed by atoms with Crippen molar-refractivity contribution in [3.05, 3.63) is 0 Å². The summed E-state index contributed by atoms with van der Waals surface area (Å²) in [5.41, 5.74) is 0. The Kier molecular flexibility index (Phi) is 2.26. The van der Waals surface area contributed by atoms with Gasteiger partial charge in [-0.15, -0.1) is 0 Å². The Bertz CT molecular complexity index is 201. The molecule has 0 radical (unpaired) electrons. The van der Waals surface area contributed by atoms with Gasteiger partial charge in [0.25, 0.3) is 0 Å². The second-order valence-electron chi connectivity index (χ2n) is 4.98. The highest BCUT2D eigenvalue weighted by atomic mass is 16.5. The Morgan fingerprint density at radius 2 is 2.14 bits per heavy atom. The van der Waals surface area contributed by atoms with E-state index in [1.807, 2.05) is 0 Å². The summed E-state index contributed by atoms with van der Waals surface area (Å²) < 4.78 is 5.39. The monoisotopic (exact) mass is 196 g/mol. The second kappa shape index (κ2) is 3.47. The molecular weight excluding hydrogens is 176 g/mol. The number of nitrogens with one attached hydrogen (secondary N) is 1. The SMILES string of the molecule is CC(C1C2CNC1C2)N1CCOCC1. The molecule has 0 aromatic rings. The fraction of sp³-hybridized carbons (Fsp3) is 1.00. The van der Waals surface area contributed by atoms with Crippen molar-refractivity contribution in [2.45, 2.75) is 25.4 Å². The normalized spacial score (nSPS) is 44.8. The van der Waals surface area contributed by atoms with Gasteiger partial charge >= 0.3 is 0 Å². The summed E-state index contributed by atoms with van der Waals surface area (Å²) >= 11 is 0. The minimum absolute atomic E-state index is 0.762. The zero-order valence-corrected chi connectivity index (χ0v) is 8.91. The van der Waals surface area contributed by atoms with E-state index in [-0.39, 0.29) is 0 Å². The number of nitrogens with zero attached hydrogens (tertiary/aromatic N) is 1. The molecule has 14 heavy (non-hydrogen) atoms. The third-order valence-electron chi connectivity index (χ3n) is 4.39. The molecule has 1 N–H and O–H groups in total. The molecule has 2 bridgehead atoms. The van der Waals surface area contributed by atoms with Crippen LogP contribution in [0, 0.1) is 11.8 Å². The van der Waals surface area contributed by atoms with Crippen molar-refractivity contribution in [1.29, 1.82) is 0 Å². The Hall–Kier alpha value is -0.120. The van der Waals surface area contributed by atoms with Gasteiger partial charge in [0.1, 0.15) is 0 Å². The molecule has 4 unspecified atom stereocenters. The summed E-state index contributed by atoms with van der Waals surface area (Å²) in [6.07, 6.45) is 1.43. The van der Waals surface area contributed by atoms with E-state index in [9.17, 15) is 0 Å². The van der Waals surface area contributed by atoms with Gasteiger partial charge in [-0.2, -0.15) is 0 Å². The first-order chi connectivity index (χ1) is 6.86. The number of hydrogen-bond acceptors (Lipinski definition) is 3. The average molecular weight is 196 g/mol. The molecular formula is C11H20N2O. The van der Waals surface area contributed by atoms with Gasteiger partial charge in [-0.05, 0) is 31.7 Å². The molecule has 4 atom stereocenters. The Morgan fingerprint density at radius 3 is 2.71 bits per heavy atom. The van der Waals surface area contributed by atoms with Crippen molar-refractivity contribution in [2.24, 2.45) is 11.8 Å². The summed E-state index contributed by atoms with van der Waals surface area (Å²) in [6, 6.07) is 1.59. The van der Waals surface area contributed by atoms with Gasteiger partial charge in [0.05, 0.1) is 13.2 Å². The molecule has 0 spiro atoms. The maximum Gasteiger partial charge on any atom is 0.0594 e. The van der Waals surface area contributed by atoms with E-state index in [0.29, 0.717) is 0 Å². The van der Waals surface area contributed by atoms with Crippen LogP contribution < -0.4 is 5.32 Å². The number of hydrogen-bond donors (Lipinski definition) is 1. The lowest BCUT2D eigenvalue weighted by molar-refractivity contribution is -0.0136. The number of fused-ring (bicyclic) bond motifs is 1. The van der Waals surface area contributed by atoms with Crippen LogP contribution in [0.1, 0.15) is 13.3 Å². The topological polar surface area (TPSA) is 24.5 Å². The summed E-state index contributed by atoms with van der Waals surface area (Å²) in [5.74, 6) is 1.89. The minimum Gasteiger partial charge on any atom is -0.379 e. The Balaban J connectivity index is 1.61. The number of ether oxygens (including phenoxy) is 1. The summed E-state index contributed by atoms with van der Waals surface area (Å²) in [5, 5.41) is 3.61. The summed E-state index contributed by atoms with van der Waals surface area (Å²) in [4.78, 5) is 2.61. The first kappa shape index (κ1) is 9.13. The largest absolute Gasteiger partial charge is 0.379 e. The second-order valence-corrected chi connectivity index (χ2v) is 4.98. The number of rotatable bonds is 2. The molecule has 4 aliphatic rings. The molecule has 4 rings (SSSR count). The average Bonchev–Trinajstić information content (AvgIpc) is 2.81. The van der Waals surface area contributed by atoms with Crippen LogP contribution in [0.4, 0.5) is 0 Å². The van der Waals surface area contributed by atoms with E-state index in [1.165, 1.54) is 13.0 Å². The van der Waals surface area contributed by atoms with Crippen molar-refractivity contribution in [3.63, 3.8) is 0 Å². The zero-order chi connectivity index (χ0) is 9.54. The lowest BCUT2D eigenvalue weighted by Gasteiger charge is -2.45. The third kappa shape index (κ3) is 1.30. The standard InChI is InChI=1S/C11H20N2O/c1-8(13-2-4-14-5-3-13)11-9-6-10(11)12-7-9/h8-12H,2-7H2,1H3. The lowest BCUT2D eigenvalue weighted by atomic mass is 9.70. The van der Waals surface area contributed by atoms with Crippen molar-refractivity contribution in [3.8, 4) is 0 Å². The van der Waals surface area contributed by atoms with E-state index >= 15 is 0 Å². The van der Waals surface area contributed by atoms with Gasteiger partial charge in [-0.25, -0.2) is 0 Å². The van der Waals surface area contributed by atoms with Crippen LogP contribution in [0.5, 0.6) is 0 Å². The van der Waals surface area contributed by atoms with E-state index < -0.39 is 0 Å². The first-order valence-electron chi connectivity index (χ1n) is 5.91. The fourth-order valence-electron chi connectivity index (χ4n) is 3.47. The van der Waals surface area contributed by atoms with Gasteiger partial charge in [0.15, 0.2) is 0 Å². The van der Waals surface area contributed by atoms with Gasteiger partial charge < -0.3 is 10.1 Å². The molecule has 1 aliphatic carbocycles. The van der Waals surface area contributed by atoms with E-state index in [4.69, 9.17) is 4.74 Å². The van der Waals surface area contributed by atoms with Crippen molar-refractivity contribution >= 4 is 0 Å². The fourth-order valence-corrected chi connectivity index (χ4v) is 3.47. The smallest absolute Gasteiger partial charge is 0.0594 e. The predicted octanol–water partition coefficient (Wildman–Crippen LogP) is 0.315. The molecule has 3 nitrogen and oxygen atoms in total. The highest BCUT2D eigenvalue weighted by Crippen LogP contribution is 2.43. The van der Waals surface area contributed by atoms with E-state index in [2.05, 4.69) is 17.1 Å². The van der Waals surface area contributed by atoms with E-state index in [1.54, 1.807) is 0 Å². The Morgan fingerprint density at radius 1 is 1.36 bits per heavy atom. The van der Waals surface area contributed by atoms with Crippen LogP contribution in [-0.2, 0) is 4.74 Å². The molecule has 3 aliphatic heterocycles. The van der Waals surface area contributed by atoms with Crippen molar-refractivity contribution in [2.75, 3.05) is 32.8 Å². The maximum atomic E-state index is 5.39. The Labute approximate surface area is 85.8 Å². The highest BCUT2D eigenvalue weighted by Gasteiger charge is 2.50. The summed E-state index contributed by atoms with van der Waals surface area (Å²) in [6.45, 7) is 7.81. The van der Waals surface area contributed by atoms with Crippen LogP contribution in [0.15, 0.2) is 0 Å². The van der Waals surface area contributed by atoms with Gasteiger partial charge in [0.2, 0.25) is 0 Å². The molecule has 0 amide bonds. The quantitative estimate of drug-likeness (QED) is 0.688. The molecule has 1 saturated carbocycles. The predicted molar refractivity (Wildman–Crippen MR) is 55.2 cm³/mol. The molecule has 0 aromatic carbocycles. The summed E-state index contributed by atoms with van der Waals surface area (Å²) in [7, 11) is 0. The van der Waals surface area contributed by atoms with Crippen LogP contribution in [0.3, 0.4) is 0 Å². The molecule has 0 aromatic heterocycles. The van der Waals surface area contributed by atoms with Crippen molar-refractivity contribution < 1.29 is 4.74 Å². The van der Waals surface area contributed by atoms with Crippen molar-refractivity contribution in [1.82, 2.24) is 10.2 Å².